The molecule has 3 rings (SSSR count). The molecule has 1 amide bonds. The van der Waals surface area contributed by atoms with Crippen molar-refractivity contribution in [1.29, 1.82) is 0 Å². The molecule has 0 aliphatic rings. The van der Waals surface area contributed by atoms with Gasteiger partial charge in [-0.2, -0.15) is 0 Å². The fourth-order valence-electron chi connectivity index (χ4n) is 2.27. The van der Waals surface area contributed by atoms with Crippen molar-refractivity contribution >= 4 is 45.6 Å². The van der Waals surface area contributed by atoms with E-state index in [4.69, 9.17) is 27.9 Å². The molecule has 0 fully saturated rings. The summed E-state index contributed by atoms with van der Waals surface area (Å²) in [5.74, 6) is 0.329. The summed E-state index contributed by atoms with van der Waals surface area (Å²) >= 11 is 13.2. The number of aromatic nitrogens is 1. The fourth-order valence-corrected chi connectivity index (χ4v) is 3.53. The molecule has 26 heavy (non-hydrogen) atoms. The smallest absolute Gasteiger partial charge is 0.264 e. The zero-order valence-electron chi connectivity index (χ0n) is 14.0. The number of hydrogen-bond donors (Lipinski definition) is 1. The maximum Gasteiger partial charge on any atom is 0.264 e. The number of carbonyl (C=O) groups excluding carboxylic acids is 1. The molecule has 1 heterocycles. The monoisotopic (exact) mass is 406 g/mol. The number of amides is 1. The average Bonchev–Trinajstić information content (AvgIpc) is 2.95. The molecule has 4 nitrogen and oxygen atoms in total. The molecule has 0 aliphatic heterocycles. The van der Waals surface area contributed by atoms with Gasteiger partial charge in [-0.05, 0) is 48.9 Å². The molecule has 0 saturated carbocycles. The molecule has 0 saturated heterocycles. The van der Waals surface area contributed by atoms with Crippen LogP contribution in [0, 0.1) is 6.92 Å². The number of carbonyl (C=O) groups is 1. The summed E-state index contributed by atoms with van der Waals surface area (Å²) in [7, 11) is 0. The Balaban J connectivity index is 1.57. The van der Waals surface area contributed by atoms with Crippen LogP contribution in [0.15, 0.2) is 48.5 Å². The number of halogens is 2. The molecule has 0 radical (unpaired) electrons. The van der Waals surface area contributed by atoms with Crippen molar-refractivity contribution in [2.45, 2.75) is 13.3 Å². The van der Waals surface area contributed by atoms with E-state index in [2.05, 4.69) is 10.3 Å². The molecule has 0 spiro atoms. The van der Waals surface area contributed by atoms with Crippen molar-refractivity contribution in [1.82, 2.24) is 4.98 Å². The van der Waals surface area contributed by atoms with Crippen LogP contribution in [0.1, 0.15) is 16.1 Å². The Morgan fingerprint density at radius 3 is 2.35 bits per heavy atom. The molecule has 0 bridgehead atoms. The molecule has 0 aliphatic carbocycles. The van der Waals surface area contributed by atoms with Gasteiger partial charge in [0.15, 0.2) is 11.7 Å². The van der Waals surface area contributed by atoms with Gasteiger partial charge in [-0.3, -0.25) is 10.1 Å². The Hall–Kier alpha value is -2.08. The Labute approximate surface area is 165 Å². The van der Waals surface area contributed by atoms with Crippen molar-refractivity contribution in [3.8, 4) is 5.75 Å². The van der Waals surface area contributed by atoms with Gasteiger partial charge in [-0.1, -0.05) is 35.3 Å². The lowest BCUT2D eigenvalue weighted by atomic mass is 10.1. The van der Waals surface area contributed by atoms with Crippen LogP contribution < -0.4 is 10.1 Å². The first kappa shape index (κ1) is 18.7. The van der Waals surface area contributed by atoms with Crippen molar-refractivity contribution in [3.05, 3.63) is 74.7 Å². The second-order valence-corrected chi connectivity index (χ2v) is 7.58. The van der Waals surface area contributed by atoms with Gasteiger partial charge in [0, 0.05) is 21.3 Å². The maximum absolute atomic E-state index is 12.1. The summed E-state index contributed by atoms with van der Waals surface area (Å²) < 4.78 is 5.43. The van der Waals surface area contributed by atoms with Crippen LogP contribution in [0.2, 0.25) is 10.0 Å². The minimum Gasteiger partial charge on any atom is -0.484 e. The predicted molar refractivity (Wildman–Crippen MR) is 107 cm³/mol. The molecular weight excluding hydrogens is 391 g/mol. The fraction of sp³-hybridized carbons (Fsp3) is 0.158. The number of aryl methyl sites for hydroxylation is 1. The van der Waals surface area contributed by atoms with Crippen LogP contribution >= 0.6 is 34.5 Å². The number of nitrogens with zero attached hydrogens (tertiary/aromatic N) is 1. The first-order valence-electron chi connectivity index (χ1n) is 7.88. The van der Waals surface area contributed by atoms with Crippen molar-refractivity contribution < 1.29 is 9.53 Å². The van der Waals surface area contributed by atoms with E-state index in [9.17, 15) is 4.79 Å². The highest BCUT2D eigenvalue weighted by molar-refractivity contribution is 7.15. The van der Waals surface area contributed by atoms with Crippen LogP contribution in [0.5, 0.6) is 5.75 Å². The lowest BCUT2D eigenvalue weighted by Crippen LogP contribution is -2.20. The van der Waals surface area contributed by atoms with Gasteiger partial charge in [-0.15, -0.1) is 11.3 Å². The number of thiazole rings is 1. The Bertz CT molecular complexity index is 893. The molecule has 1 N–H and O–H groups in total. The van der Waals surface area contributed by atoms with Gasteiger partial charge in [0.25, 0.3) is 5.91 Å². The lowest BCUT2D eigenvalue weighted by Gasteiger charge is -2.05. The van der Waals surface area contributed by atoms with Gasteiger partial charge < -0.3 is 4.74 Å². The minimum absolute atomic E-state index is 0.0905. The van der Waals surface area contributed by atoms with E-state index in [1.165, 1.54) is 11.3 Å². The van der Waals surface area contributed by atoms with Crippen LogP contribution in [0.4, 0.5) is 5.13 Å². The number of nitrogens with one attached hydrogen (secondary N) is 1. The molecule has 0 unspecified atom stereocenters. The predicted octanol–water partition coefficient (Wildman–Crippen LogP) is 5.37. The third-order valence-electron chi connectivity index (χ3n) is 3.60. The van der Waals surface area contributed by atoms with Gasteiger partial charge in [0.05, 0.1) is 5.69 Å². The first-order chi connectivity index (χ1) is 12.5. The number of hydrogen-bond acceptors (Lipinski definition) is 4. The third-order valence-corrected chi connectivity index (χ3v) is 5.18. The number of rotatable bonds is 6. The van der Waals surface area contributed by atoms with E-state index < -0.39 is 0 Å². The lowest BCUT2D eigenvalue weighted by molar-refractivity contribution is -0.118. The summed E-state index contributed by atoms with van der Waals surface area (Å²) in [6, 6.07) is 14.6. The second kappa shape index (κ2) is 8.54. The summed E-state index contributed by atoms with van der Waals surface area (Å²) in [6.07, 6.45) is 0.748. The average molecular weight is 407 g/mol. The minimum atomic E-state index is -0.258. The van der Waals surface area contributed by atoms with Crippen LogP contribution in [0.25, 0.3) is 0 Å². The van der Waals surface area contributed by atoms with Crippen LogP contribution in [0.3, 0.4) is 0 Å². The van der Waals surface area contributed by atoms with E-state index in [-0.39, 0.29) is 12.5 Å². The van der Waals surface area contributed by atoms with Gasteiger partial charge in [-0.25, -0.2) is 4.98 Å². The standard InChI is InChI=1S/C19H16Cl2N2O2S/c1-12-17(10-13-2-4-14(20)5-3-13)26-19(22-12)23-18(24)11-25-16-8-6-15(21)7-9-16/h2-9H,10-11H2,1H3,(H,22,23,24). The summed E-state index contributed by atoms with van der Waals surface area (Å²) in [4.78, 5) is 17.6. The highest BCUT2D eigenvalue weighted by Crippen LogP contribution is 2.25. The Kier molecular flexibility index (Phi) is 6.14. The molecule has 1 aromatic heterocycles. The van der Waals surface area contributed by atoms with Crippen molar-refractivity contribution in [2.75, 3.05) is 11.9 Å². The molecular formula is C19H16Cl2N2O2S. The van der Waals surface area contributed by atoms with Gasteiger partial charge in [0.2, 0.25) is 0 Å². The highest BCUT2D eigenvalue weighted by Gasteiger charge is 2.11. The Morgan fingerprint density at radius 2 is 1.69 bits per heavy atom. The van der Waals surface area contributed by atoms with E-state index in [1.54, 1.807) is 24.3 Å². The van der Waals surface area contributed by atoms with E-state index in [1.807, 2.05) is 31.2 Å². The Morgan fingerprint density at radius 1 is 1.08 bits per heavy atom. The normalized spacial score (nSPS) is 10.6. The van der Waals surface area contributed by atoms with E-state index in [0.717, 1.165) is 22.6 Å². The van der Waals surface area contributed by atoms with E-state index >= 15 is 0 Å². The SMILES string of the molecule is Cc1nc(NC(=O)COc2ccc(Cl)cc2)sc1Cc1ccc(Cl)cc1. The zero-order valence-corrected chi connectivity index (χ0v) is 16.3. The van der Waals surface area contributed by atoms with Gasteiger partial charge >= 0.3 is 0 Å². The summed E-state index contributed by atoms with van der Waals surface area (Å²) in [5.41, 5.74) is 2.05. The molecule has 134 valence electrons. The first-order valence-corrected chi connectivity index (χ1v) is 9.46. The molecule has 3 aromatic rings. The molecule has 0 atom stereocenters. The van der Waals surface area contributed by atoms with Crippen LogP contribution in [-0.4, -0.2) is 17.5 Å². The molecule has 7 heteroatoms. The summed E-state index contributed by atoms with van der Waals surface area (Å²) in [6.45, 7) is 1.84. The second-order valence-electron chi connectivity index (χ2n) is 5.62. The quantitative estimate of drug-likeness (QED) is 0.598. The summed E-state index contributed by atoms with van der Waals surface area (Å²) in [5, 5.41) is 4.67. The van der Waals surface area contributed by atoms with Gasteiger partial charge in [0.1, 0.15) is 5.75 Å². The maximum atomic E-state index is 12.1. The van der Waals surface area contributed by atoms with E-state index in [0.29, 0.717) is 20.9 Å². The number of ether oxygens (including phenoxy) is 1. The largest absolute Gasteiger partial charge is 0.484 e. The number of benzene rings is 2. The zero-order chi connectivity index (χ0) is 18.5. The van der Waals surface area contributed by atoms with Crippen LogP contribution in [-0.2, 0) is 11.2 Å². The third kappa shape index (κ3) is 5.21. The highest BCUT2D eigenvalue weighted by atomic mass is 35.5. The number of anilines is 1. The topological polar surface area (TPSA) is 51.2 Å². The molecule has 2 aromatic carbocycles. The van der Waals surface area contributed by atoms with Crippen molar-refractivity contribution in [2.24, 2.45) is 0 Å². The van der Waals surface area contributed by atoms with Crippen molar-refractivity contribution in [3.63, 3.8) is 0 Å².